The number of nitrogens with one attached hydrogen (secondary N) is 1. The number of aliphatic hydroxyl groups is 1. The van der Waals surface area contributed by atoms with Gasteiger partial charge in [0.1, 0.15) is 13.2 Å². The minimum Gasteiger partial charge on any atom is -0.756 e. The first kappa shape index (κ1) is 67.7. The van der Waals surface area contributed by atoms with Crippen molar-refractivity contribution < 1.29 is 32.9 Å². The summed E-state index contributed by atoms with van der Waals surface area (Å²) >= 11 is 0. The molecule has 70 heavy (non-hydrogen) atoms. The van der Waals surface area contributed by atoms with Crippen molar-refractivity contribution in [3.05, 3.63) is 85.1 Å². The molecule has 3 atom stereocenters. The second-order valence-corrected chi connectivity index (χ2v) is 22.0. The SMILES string of the molecule is CC/C=C\C/C=C\C/C=C\C/C=C\C/C=C\C/C=C\CCCCC(=O)NC(COP(=O)([O-])OCC[N+](C)(C)C)C(O)/C=C/CCCCCCCCCCCCCCCCCCCCCCCCCCC. The number of nitrogens with zero attached hydrogens (tertiary/aromatic N) is 1. The second-order valence-electron chi connectivity index (χ2n) is 20.6. The summed E-state index contributed by atoms with van der Waals surface area (Å²) in [4.78, 5) is 25.5. The third-order valence-electron chi connectivity index (χ3n) is 12.6. The molecule has 0 aliphatic rings. The molecule has 0 bridgehead atoms. The Morgan fingerprint density at radius 3 is 1.27 bits per heavy atom. The van der Waals surface area contributed by atoms with Crippen LogP contribution < -0.4 is 10.2 Å². The van der Waals surface area contributed by atoms with E-state index in [1.807, 2.05) is 27.2 Å². The fourth-order valence-electron chi connectivity index (χ4n) is 8.10. The number of rotatable bonds is 52. The second kappa shape index (κ2) is 51.6. The van der Waals surface area contributed by atoms with E-state index in [-0.39, 0.29) is 18.9 Å². The van der Waals surface area contributed by atoms with Crippen molar-refractivity contribution >= 4 is 13.7 Å². The van der Waals surface area contributed by atoms with Gasteiger partial charge in [-0.15, -0.1) is 0 Å². The number of phosphoric ester groups is 1. The monoisotopic (exact) mass is 999 g/mol. The van der Waals surface area contributed by atoms with Gasteiger partial charge in [-0.25, -0.2) is 0 Å². The minimum absolute atomic E-state index is 0.0138. The van der Waals surface area contributed by atoms with E-state index in [9.17, 15) is 19.4 Å². The highest BCUT2D eigenvalue weighted by atomic mass is 31.2. The number of hydrogen-bond donors (Lipinski definition) is 2. The summed E-state index contributed by atoms with van der Waals surface area (Å²) in [5.41, 5.74) is 0. The summed E-state index contributed by atoms with van der Waals surface area (Å²) in [5, 5.41) is 13.9. The Hall–Kier alpha value is -2.32. The van der Waals surface area contributed by atoms with E-state index < -0.39 is 26.6 Å². The van der Waals surface area contributed by atoms with Gasteiger partial charge in [-0.05, 0) is 70.6 Å². The summed E-state index contributed by atoms with van der Waals surface area (Å²) in [6.07, 6.45) is 72.4. The lowest BCUT2D eigenvalue weighted by Gasteiger charge is -2.29. The van der Waals surface area contributed by atoms with Gasteiger partial charge in [0, 0.05) is 6.42 Å². The van der Waals surface area contributed by atoms with E-state index in [0.29, 0.717) is 17.4 Å². The summed E-state index contributed by atoms with van der Waals surface area (Å²) in [5.74, 6) is -0.240. The Bertz CT molecular complexity index is 1410. The molecule has 0 saturated carbocycles. The molecule has 2 N–H and O–H groups in total. The van der Waals surface area contributed by atoms with Crippen molar-refractivity contribution in [2.45, 2.75) is 257 Å². The van der Waals surface area contributed by atoms with Gasteiger partial charge in [-0.1, -0.05) is 253 Å². The lowest BCUT2D eigenvalue weighted by atomic mass is 10.0. The summed E-state index contributed by atoms with van der Waals surface area (Å²) in [6.45, 7) is 4.51. The first-order valence-corrected chi connectivity index (χ1v) is 30.4. The molecule has 1 amide bonds. The van der Waals surface area contributed by atoms with Crippen LogP contribution in [0.1, 0.15) is 245 Å². The van der Waals surface area contributed by atoms with Gasteiger partial charge in [0.05, 0.1) is 39.9 Å². The van der Waals surface area contributed by atoms with Gasteiger partial charge in [0.15, 0.2) is 0 Å². The molecule has 0 aromatic carbocycles. The van der Waals surface area contributed by atoms with Crippen LogP contribution in [-0.2, 0) is 18.4 Å². The number of quaternary nitrogens is 1. The maximum atomic E-state index is 12.9. The molecule has 0 aliphatic heterocycles. The summed E-state index contributed by atoms with van der Waals surface area (Å²) < 4.78 is 23.3. The standard InChI is InChI=1S/C61H111N2O6P/c1-6-8-10-12-14-16-18-20-22-24-26-28-29-30-31-32-33-35-36-38-40-42-44-46-48-50-52-54-60(64)59(58-69-70(66,67)68-57-56-63(3,4)5)62-61(65)55-53-51-49-47-45-43-41-39-37-34-27-25-23-21-19-17-15-13-11-9-7-2/h9,11,15,17,21,23,27,34,39,41,45,47,52,54,59-60,64H,6-8,10,12-14,16,18-20,22,24-26,28-33,35-38,40,42-44,46,48-51,53,55-58H2,1-5H3,(H-,62,65,66,67)/b11-9-,17-15-,23-21-,34-27-,41-39-,47-45-,54-52+. The van der Waals surface area contributed by atoms with Crippen LogP contribution in [-0.4, -0.2) is 68.5 Å². The summed E-state index contributed by atoms with van der Waals surface area (Å²) in [7, 11) is 1.22. The molecule has 3 unspecified atom stereocenters. The van der Waals surface area contributed by atoms with E-state index in [2.05, 4.69) is 92.1 Å². The molecule has 0 aromatic heterocycles. The van der Waals surface area contributed by atoms with Crippen molar-refractivity contribution in [3.63, 3.8) is 0 Å². The Morgan fingerprint density at radius 1 is 0.514 bits per heavy atom. The Balaban J connectivity index is 4.29. The van der Waals surface area contributed by atoms with Gasteiger partial charge in [0.2, 0.25) is 5.91 Å². The summed E-state index contributed by atoms with van der Waals surface area (Å²) in [6, 6.07) is -0.916. The number of amides is 1. The van der Waals surface area contributed by atoms with Gasteiger partial charge < -0.3 is 28.8 Å². The number of carbonyl (C=O) groups is 1. The van der Waals surface area contributed by atoms with E-state index >= 15 is 0 Å². The number of unbranched alkanes of at least 4 members (excludes halogenated alkanes) is 27. The van der Waals surface area contributed by atoms with E-state index in [1.165, 1.54) is 148 Å². The van der Waals surface area contributed by atoms with Gasteiger partial charge in [-0.3, -0.25) is 9.36 Å². The molecule has 0 fully saturated rings. The number of carbonyl (C=O) groups excluding carboxylic acids is 1. The highest BCUT2D eigenvalue weighted by Crippen LogP contribution is 2.38. The molecule has 0 rings (SSSR count). The van der Waals surface area contributed by atoms with Crippen molar-refractivity contribution in [2.24, 2.45) is 0 Å². The fraction of sp³-hybridized carbons (Fsp3) is 0.754. The van der Waals surface area contributed by atoms with Crippen LogP contribution in [0, 0.1) is 0 Å². The molecule has 0 saturated heterocycles. The van der Waals surface area contributed by atoms with Crippen LogP contribution in [0.25, 0.3) is 0 Å². The van der Waals surface area contributed by atoms with Crippen molar-refractivity contribution in [3.8, 4) is 0 Å². The quantitative estimate of drug-likeness (QED) is 0.0272. The fourth-order valence-corrected chi connectivity index (χ4v) is 8.82. The molecule has 0 aromatic rings. The van der Waals surface area contributed by atoms with E-state index in [0.717, 1.165) is 70.6 Å². The van der Waals surface area contributed by atoms with Crippen LogP contribution in [0.4, 0.5) is 0 Å². The molecule has 406 valence electrons. The average Bonchev–Trinajstić information content (AvgIpc) is 3.32. The number of aliphatic hydroxyl groups excluding tert-OH is 1. The largest absolute Gasteiger partial charge is 0.756 e. The number of likely N-dealkylation sites (N-methyl/N-ethyl adjacent to an activating group) is 1. The lowest BCUT2D eigenvalue weighted by Crippen LogP contribution is -2.45. The van der Waals surface area contributed by atoms with Crippen LogP contribution in [0.15, 0.2) is 85.1 Å². The van der Waals surface area contributed by atoms with Crippen molar-refractivity contribution in [2.75, 3.05) is 40.9 Å². The van der Waals surface area contributed by atoms with Crippen LogP contribution >= 0.6 is 7.82 Å². The van der Waals surface area contributed by atoms with E-state index in [1.54, 1.807) is 6.08 Å². The molecular formula is C61H111N2O6P. The smallest absolute Gasteiger partial charge is 0.268 e. The zero-order chi connectivity index (χ0) is 51.3. The topological polar surface area (TPSA) is 108 Å². The predicted octanol–water partition coefficient (Wildman–Crippen LogP) is 17.0. The van der Waals surface area contributed by atoms with E-state index in [4.69, 9.17) is 9.05 Å². The first-order valence-electron chi connectivity index (χ1n) is 28.9. The van der Waals surface area contributed by atoms with Crippen molar-refractivity contribution in [1.82, 2.24) is 5.32 Å². The predicted molar refractivity (Wildman–Crippen MR) is 302 cm³/mol. The van der Waals surface area contributed by atoms with Crippen molar-refractivity contribution in [1.29, 1.82) is 0 Å². The normalized spacial score (nSPS) is 14.6. The molecule has 0 aliphatic carbocycles. The first-order chi connectivity index (χ1) is 34.0. The molecular weight excluding hydrogens is 888 g/mol. The van der Waals surface area contributed by atoms with Crippen LogP contribution in [0.3, 0.4) is 0 Å². The van der Waals surface area contributed by atoms with Gasteiger partial charge in [0.25, 0.3) is 7.82 Å². The Labute approximate surface area is 433 Å². The zero-order valence-electron chi connectivity index (χ0n) is 46.2. The lowest BCUT2D eigenvalue weighted by molar-refractivity contribution is -0.870. The highest BCUT2D eigenvalue weighted by Gasteiger charge is 2.23. The third-order valence-corrected chi connectivity index (χ3v) is 13.6. The Kier molecular flexibility index (Phi) is 49.9. The minimum atomic E-state index is -4.62. The molecule has 9 heteroatoms. The molecule has 0 heterocycles. The van der Waals surface area contributed by atoms with Gasteiger partial charge in [-0.2, -0.15) is 0 Å². The van der Waals surface area contributed by atoms with Crippen LogP contribution in [0.5, 0.6) is 0 Å². The Morgan fingerprint density at radius 2 is 0.871 bits per heavy atom. The molecule has 0 radical (unpaired) electrons. The molecule has 8 nitrogen and oxygen atoms in total. The zero-order valence-corrected chi connectivity index (χ0v) is 47.1. The molecule has 0 spiro atoms. The van der Waals surface area contributed by atoms with Gasteiger partial charge >= 0.3 is 0 Å². The maximum Gasteiger partial charge on any atom is 0.268 e. The number of phosphoric acid groups is 1. The average molecular weight is 1000 g/mol. The van der Waals surface area contributed by atoms with Crippen LogP contribution in [0.2, 0.25) is 0 Å². The number of allylic oxidation sites excluding steroid dienone is 13. The third kappa shape index (κ3) is 53.5. The number of hydrogen-bond acceptors (Lipinski definition) is 6. The maximum absolute atomic E-state index is 12.9. The highest BCUT2D eigenvalue weighted by molar-refractivity contribution is 7.45.